The molecule has 0 bridgehead atoms. The highest BCUT2D eigenvalue weighted by molar-refractivity contribution is 4.99. The van der Waals surface area contributed by atoms with E-state index < -0.39 is 0 Å². The van der Waals surface area contributed by atoms with Crippen molar-refractivity contribution < 1.29 is 0 Å². The van der Waals surface area contributed by atoms with Crippen molar-refractivity contribution in [2.24, 2.45) is 5.92 Å². The molecule has 1 heteroatoms. The van der Waals surface area contributed by atoms with Crippen LogP contribution in [0, 0.1) is 5.92 Å². The Morgan fingerprint density at radius 3 is 2.91 bits per heavy atom. The second-order valence-corrected chi connectivity index (χ2v) is 3.89. The van der Waals surface area contributed by atoms with Crippen LogP contribution in [-0.2, 0) is 0 Å². The van der Waals surface area contributed by atoms with Gasteiger partial charge in [0.25, 0.3) is 0 Å². The minimum Gasteiger partial charge on any atom is -0.303 e. The van der Waals surface area contributed by atoms with E-state index in [0.717, 1.165) is 12.0 Å². The highest BCUT2D eigenvalue weighted by atomic mass is 15.1. The molecule has 0 aromatic carbocycles. The van der Waals surface area contributed by atoms with Crippen molar-refractivity contribution in [2.75, 3.05) is 13.6 Å². The second-order valence-electron chi connectivity index (χ2n) is 3.89. The number of likely N-dealkylation sites (tertiary alicyclic amines) is 1. The molecule has 2 aliphatic rings. The lowest BCUT2D eigenvalue weighted by molar-refractivity contribution is 0.118. The summed E-state index contributed by atoms with van der Waals surface area (Å²) in [6.45, 7) is 1.31. The van der Waals surface area contributed by atoms with Gasteiger partial charge in [0.2, 0.25) is 0 Å². The molecule has 0 aromatic heterocycles. The van der Waals surface area contributed by atoms with Crippen LogP contribution in [0.1, 0.15) is 25.7 Å². The van der Waals surface area contributed by atoms with Crippen LogP contribution in [0.15, 0.2) is 12.2 Å². The van der Waals surface area contributed by atoms with E-state index in [1.807, 2.05) is 0 Å². The van der Waals surface area contributed by atoms with E-state index in [4.69, 9.17) is 0 Å². The minimum absolute atomic E-state index is 0.869. The maximum absolute atomic E-state index is 2.54. The Hall–Kier alpha value is -0.300. The summed E-state index contributed by atoms with van der Waals surface area (Å²) in [6, 6.07) is 0.869. The van der Waals surface area contributed by atoms with Crippen molar-refractivity contribution in [1.82, 2.24) is 4.90 Å². The van der Waals surface area contributed by atoms with Gasteiger partial charge in [0.1, 0.15) is 0 Å². The molecule has 1 aliphatic carbocycles. The van der Waals surface area contributed by atoms with E-state index >= 15 is 0 Å². The van der Waals surface area contributed by atoms with Crippen LogP contribution in [0.5, 0.6) is 0 Å². The van der Waals surface area contributed by atoms with Crippen LogP contribution >= 0.6 is 0 Å². The van der Waals surface area contributed by atoms with Crippen molar-refractivity contribution in [3.05, 3.63) is 12.2 Å². The number of rotatable bonds is 0. The monoisotopic (exact) mass is 151 g/mol. The lowest BCUT2D eigenvalue weighted by Gasteiger charge is -2.40. The standard InChI is InChI=1S/C10H17N/c1-11-8-4-6-9-5-2-3-7-10(9)11/h2-3,9-10H,4-8H2,1H3/t9-,10-/m0/s1. The summed E-state index contributed by atoms with van der Waals surface area (Å²) in [6.07, 6.45) is 10.2. The molecule has 0 saturated carbocycles. The molecular formula is C10H17N. The number of piperidine rings is 1. The molecule has 1 aliphatic heterocycles. The average molecular weight is 151 g/mol. The molecule has 0 aromatic rings. The largest absolute Gasteiger partial charge is 0.303 e. The van der Waals surface area contributed by atoms with Gasteiger partial charge >= 0.3 is 0 Å². The molecule has 0 unspecified atom stereocenters. The first-order valence-corrected chi connectivity index (χ1v) is 4.73. The van der Waals surface area contributed by atoms with Gasteiger partial charge in [-0.3, -0.25) is 0 Å². The topological polar surface area (TPSA) is 3.24 Å². The van der Waals surface area contributed by atoms with Crippen molar-refractivity contribution in [3.63, 3.8) is 0 Å². The Kier molecular flexibility index (Phi) is 1.99. The van der Waals surface area contributed by atoms with Gasteiger partial charge in [0.05, 0.1) is 0 Å². The van der Waals surface area contributed by atoms with Gasteiger partial charge in [-0.1, -0.05) is 12.2 Å². The summed E-state index contributed by atoms with van der Waals surface area (Å²) < 4.78 is 0. The highest BCUT2D eigenvalue weighted by Crippen LogP contribution is 2.30. The summed E-state index contributed by atoms with van der Waals surface area (Å²) >= 11 is 0. The first-order chi connectivity index (χ1) is 5.38. The average Bonchev–Trinajstić information content (AvgIpc) is 2.06. The van der Waals surface area contributed by atoms with Crippen molar-refractivity contribution in [3.8, 4) is 0 Å². The summed E-state index contributed by atoms with van der Waals surface area (Å²) in [7, 11) is 2.27. The fourth-order valence-corrected chi connectivity index (χ4v) is 2.47. The second kappa shape index (κ2) is 2.98. The van der Waals surface area contributed by atoms with E-state index in [0.29, 0.717) is 0 Å². The zero-order chi connectivity index (χ0) is 7.68. The Morgan fingerprint density at radius 1 is 1.27 bits per heavy atom. The maximum Gasteiger partial charge on any atom is 0.0158 e. The molecule has 1 saturated heterocycles. The lowest BCUT2D eigenvalue weighted by atomic mass is 9.82. The fraction of sp³-hybridized carbons (Fsp3) is 0.800. The number of hydrogen-bond donors (Lipinski definition) is 0. The molecular weight excluding hydrogens is 134 g/mol. The molecule has 62 valence electrons. The fourth-order valence-electron chi connectivity index (χ4n) is 2.47. The zero-order valence-corrected chi connectivity index (χ0v) is 7.29. The molecule has 0 radical (unpaired) electrons. The van der Waals surface area contributed by atoms with E-state index in [1.165, 1.54) is 32.2 Å². The summed E-state index contributed by atoms with van der Waals surface area (Å²) in [5, 5.41) is 0. The smallest absolute Gasteiger partial charge is 0.0158 e. The summed E-state index contributed by atoms with van der Waals surface area (Å²) in [5.74, 6) is 0.971. The van der Waals surface area contributed by atoms with Crippen LogP contribution in [0.4, 0.5) is 0 Å². The Balaban J connectivity index is 2.07. The quantitative estimate of drug-likeness (QED) is 0.479. The summed E-state index contributed by atoms with van der Waals surface area (Å²) in [5.41, 5.74) is 0. The Morgan fingerprint density at radius 2 is 2.09 bits per heavy atom. The van der Waals surface area contributed by atoms with Gasteiger partial charge in [-0.25, -0.2) is 0 Å². The van der Waals surface area contributed by atoms with Crippen molar-refractivity contribution in [2.45, 2.75) is 31.7 Å². The van der Waals surface area contributed by atoms with Gasteiger partial charge in [-0.15, -0.1) is 0 Å². The number of allylic oxidation sites excluding steroid dienone is 1. The third-order valence-corrected chi connectivity index (χ3v) is 3.18. The van der Waals surface area contributed by atoms with Gasteiger partial charge in [0, 0.05) is 6.04 Å². The number of fused-ring (bicyclic) bond motifs is 1. The molecule has 1 heterocycles. The van der Waals surface area contributed by atoms with Crippen LogP contribution < -0.4 is 0 Å². The van der Waals surface area contributed by atoms with Crippen LogP contribution in [0.3, 0.4) is 0 Å². The van der Waals surface area contributed by atoms with Crippen molar-refractivity contribution in [1.29, 1.82) is 0 Å². The normalized spacial score (nSPS) is 38.6. The Labute approximate surface area is 69.1 Å². The van der Waals surface area contributed by atoms with Crippen LogP contribution in [0.2, 0.25) is 0 Å². The lowest BCUT2D eigenvalue weighted by Crippen LogP contribution is -2.43. The van der Waals surface area contributed by atoms with Crippen LogP contribution in [0.25, 0.3) is 0 Å². The first-order valence-electron chi connectivity index (χ1n) is 4.73. The summed E-state index contributed by atoms with van der Waals surface area (Å²) in [4.78, 5) is 2.54. The minimum atomic E-state index is 0.869. The predicted octanol–water partition coefficient (Wildman–Crippen LogP) is 2.05. The molecule has 0 N–H and O–H groups in total. The van der Waals surface area contributed by atoms with E-state index in [1.54, 1.807) is 0 Å². The molecule has 2 rings (SSSR count). The van der Waals surface area contributed by atoms with Gasteiger partial charge in [-0.05, 0) is 45.2 Å². The molecule has 0 amide bonds. The zero-order valence-electron chi connectivity index (χ0n) is 7.29. The highest BCUT2D eigenvalue weighted by Gasteiger charge is 2.28. The molecule has 1 nitrogen and oxygen atoms in total. The van der Waals surface area contributed by atoms with E-state index in [9.17, 15) is 0 Å². The number of nitrogens with zero attached hydrogens (tertiary/aromatic N) is 1. The molecule has 2 atom stereocenters. The van der Waals surface area contributed by atoms with Crippen molar-refractivity contribution >= 4 is 0 Å². The van der Waals surface area contributed by atoms with E-state index in [-0.39, 0.29) is 0 Å². The van der Waals surface area contributed by atoms with Crippen LogP contribution in [-0.4, -0.2) is 24.5 Å². The SMILES string of the molecule is CN1CCC[C@@H]2CC=CC[C@@H]21. The van der Waals surface area contributed by atoms with E-state index in [2.05, 4.69) is 24.1 Å². The van der Waals surface area contributed by atoms with Gasteiger partial charge in [0.15, 0.2) is 0 Å². The Bertz CT molecular complexity index is 162. The third-order valence-electron chi connectivity index (χ3n) is 3.18. The number of hydrogen-bond acceptors (Lipinski definition) is 1. The molecule has 1 fully saturated rings. The third kappa shape index (κ3) is 1.34. The molecule has 0 spiro atoms. The predicted molar refractivity (Wildman–Crippen MR) is 47.5 cm³/mol. The van der Waals surface area contributed by atoms with Gasteiger partial charge in [-0.2, -0.15) is 0 Å². The van der Waals surface area contributed by atoms with Gasteiger partial charge < -0.3 is 4.90 Å². The molecule has 11 heavy (non-hydrogen) atoms. The first kappa shape index (κ1) is 7.35. The maximum atomic E-state index is 2.54.